The summed E-state index contributed by atoms with van der Waals surface area (Å²) >= 11 is 0. The highest BCUT2D eigenvalue weighted by Gasteiger charge is 2.16. The number of aromatic nitrogens is 2. The van der Waals surface area contributed by atoms with Crippen LogP contribution in [-0.2, 0) is 20.7 Å². The van der Waals surface area contributed by atoms with Gasteiger partial charge in [0.25, 0.3) is 0 Å². The molecule has 1 rings (SSSR count). The molecule has 1 unspecified atom stereocenters. The monoisotopic (exact) mass is 298 g/mol. The third-order valence-corrected chi connectivity index (χ3v) is 2.91. The molecule has 0 saturated carbocycles. The minimum absolute atomic E-state index is 0.239. The molecule has 0 aromatic carbocycles. The van der Waals surface area contributed by atoms with Crippen molar-refractivity contribution >= 4 is 5.97 Å². The molecule has 0 radical (unpaired) electrons. The number of nitrogens with zero attached hydrogens (tertiary/aromatic N) is 2. The van der Waals surface area contributed by atoms with Gasteiger partial charge in [0.05, 0.1) is 12.9 Å². The Morgan fingerprint density at radius 3 is 2.86 bits per heavy atom. The number of rotatable bonds is 11. The molecule has 7 nitrogen and oxygen atoms in total. The van der Waals surface area contributed by atoms with E-state index in [1.807, 2.05) is 14.1 Å². The molecule has 120 valence electrons. The first-order valence-corrected chi connectivity index (χ1v) is 7.21. The van der Waals surface area contributed by atoms with Gasteiger partial charge >= 0.3 is 5.97 Å². The Morgan fingerprint density at radius 1 is 1.38 bits per heavy atom. The van der Waals surface area contributed by atoms with E-state index >= 15 is 0 Å². The van der Waals surface area contributed by atoms with Gasteiger partial charge in [0.15, 0.2) is 0 Å². The lowest BCUT2D eigenvalue weighted by Crippen LogP contribution is -2.35. The number of carbonyl (C=O) groups excluding carboxylic acids is 1. The second-order valence-electron chi connectivity index (χ2n) is 5.18. The van der Waals surface area contributed by atoms with Crippen LogP contribution in [0.25, 0.3) is 0 Å². The van der Waals surface area contributed by atoms with Gasteiger partial charge in [-0.05, 0) is 33.5 Å². The van der Waals surface area contributed by atoms with Gasteiger partial charge in [0.1, 0.15) is 12.6 Å². The zero-order valence-electron chi connectivity index (χ0n) is 12.9. The average Bonchev–Trinajstić information content (AvgIpc) is 2.94. The van der Waals surface area contributed by atoms with Crippen molar-refractivity contribution in [2.75, 3.05) is 40.5 Å². The molecule has 0 bridgehead atoms. The van der Waals surface area contributed by atoms with Crippen LogP contribution in [0.3, 0.4) is 0 Å². The minimum atomic E-state index is -0.675. The van der Waals surface area contributed by atoms with E-state index in [1.54, 1.807) is 12.5 Å². The predicted molar refractivity (Wildman–Crippen MR) is 79.8 cm³/mol. The van der Waals surface area contributed by atoms with E-state index < -0.39 is 12.0 Å². The molecule has 0 aliphatic carbocycles. The second-order valence-corrected chi connectivity index (χ2v) is 5.18. The molecule has 1 aromatic rings. The van der Waals surface area contributed by atoms with Crippen molar-refractivity contribution in [3.8, 4) is 0 Å². The largest absolute Gasteiger partial charge is 0.462 e. The molecule has 0 saturated heterocycles. The summed E-state index contributed by atoms with van der Waals surface area (Å²) in [5, 5.41) is 0. The van der Waals surface area contributed by atoms with E-state index in [-0.39, 0.29) is 6.61 Å². The van der Waals surface area contributed by atoms with Crippen LogP contribution in [0.15, 0.2) is 12.5 Å². The summed E-state index contributed by atoms with van der Waals surface area (Å²) in [4.78, 5) is 20.5. The van der Waals surface area contributed by atoms with Gasteiger partial charge in [-0.3, -0.25) is 4.79 Å². The Kier molecular flexibility index (Phi) is 8.65. The number of hydrogen-bond acceptors (Lipinski definition) is 6. The highest BCUT2D eigenvalue weighted by Crippen LogP contribution is 1.98. The van der Waals surface area contributed by atoms with Gasteiger partial charge in [-0.2, -0.15) is 0 Å². The Hall–Kier alpha value is -1.44. The molecule has 1 heterocycles. The number of esters is 1. The summed E-state index contributed by atoms with van der Waals surface area (Å²) in [5.74, 6) is -0.416. The summed E-state index contributed by atoms with van der Waals surface area (Å²) in [6.45, 7) is 2.39. The third kappa shape index (κ3) is 8.44. The first kappa shape index (κ1) is 17.6. The van der Waals surface area contributed by atoms with Crippen molar-refractivity contribution in [3.63, 3.8) is 0 Å². The van der Waals surface area contributed by atoms with Gasteiger partial charge in [-0.25, -0.2) is 4.98 Å². The highest BCUT2D eigenvalue weighted by atomic mass is 16.6. The van der Waals surface area contributed by atoms with Crippen LogP contribution in [0, 0.1) is 0 Å². The first-order valence-electron chi connectivity index (χ1n) is 7.21. The zero-order chi connectivity index (χ0) is 15.5. The summed E-state index contributed by atoms with van der Waals surface area (Å²) in [7, 11) is 4.10. The molecule has 0 fully saturated rings. The highest BCUT2D eigenvalue weighted by molar-refractivity contribution is 5.75. The number of hydrogen-bond donors (Lipinski definition) is 2. The number of nitrogens with two attached hydrogens (primary N) is 1. The van der Waals surface area contributed by atoms with Crippen molar-refractivity contribution in [2.24, 2.45) is 5.73 Å². The predicted octanol–water partition coefficient (Wildman–Crippen LogP) is 0.181. The third-order valence-electron chi connectivity index (χ3n) is 2.91. The number of nitrogens with one attached hydrogen (secondary N) is 1. The van der Waals surface area contributed by atoms with Crippen molar-refractivity contribution in [3.05, 3.63) is 18.2 Å². The van der Waals surface area contributed by atoms with Gasteiger partial charge in [0, 0.05) is 24.9 Å². The molecule has 0 aliphatic heterocycles. The molecule has 0 spiro atoms. The van der Waals surface area contributed by atoms with E-state index in [1.165, 1.54) is 0 Å². The smallest absolute Gasteiger partial charge is 0.323 e. The van der Waals surface area contributed by atoms with Gasteiger partial charge in [0.2, 0.25) is 0 Å². The van der Waals surface area contributed by atoms with Gasteiger partial charge in [-0.1, -0.05) is 0 Å². The van der Waals surface area contributed by atoms with Crippen LogP contribution in [0.2, 0.25) is 0 Å². The summed E-state index contributed by atoms with van der Waals surface area (Å²) < 4.78 is 10.5. The van der Waals surface area contributed by atoms with Crippen molar-refractivity contribution < 1.29 is 14.3 Å². The zero-order valence-corrected chi connectivity index (χ0v) is 12.9. The minimum Gasteiger partial charge on any atom is -0.462 e. The molecular formula is C14H26N4O3. The molecular weight excluding hydrogens is 272 g/mol. The maximum atomic E-state index is 11.6. The van der Waals surface area contributed by atoms with Crippen LogP contribution in [0.1, 0.15) is 18.5 Å². The Morgan fingerprint density at radius 2 is 2.19 bits per heavy atom. The Labute approximate surface area is 125 Å². The summed E-state index contributed by atoms with van der Waals surface area (Å²) in [6.07, 6.45) is 5.69. The number of imidazole rings is 1. The molecule has 3 N–H and O–H groups in total. The fraction of sp³-hybridized carbons (Fsp3) is 0.714. The van der Waals surface area contributed by atoms with Gasteiger partial charge in [-0.15, -0.1) is 0 Å². The maximum absolute atomic E-state index is 11.6. The lowest BCUT2D eigenvalue weighted by atomic mass is 10.2. The van der Waals surface area contributed by atoms with E-state index in [9.17, 15) is 4.79 Å². The quantitative estimate of drug-likeness (QED) is 0.447. The number of ether oxygens (including phenoxy) is 2. The van der Waals surface area contributed by atoms with E-state index in [4.69, 9.17) is 15.2 Å². The summed E-state index contributed by atoms with van der Waals surface area (Å²) in [5.41, 5.74) is 6.57. The normalized spacial score (nSPS) is 12.6. The Balaban J connectivity index is 1.98. The van der Waals surface area contributed by atoms with Crippen LogP contribution >= 0.6 is 0 Å². The van der Waals surface area contributed by atoms with Crippen LogP contribution in [-0.4, -0.2) is 67.3 Å². The first-order chi connectivity index (χ1) is 10.1. The van der Waals surface area contributed by atoms with Crippen molar-refractivity contribution in [2.45, 2.75) is 25.3 Å². The van der Waals surface area contributed by atoms with Crippen molar-refractivity contribution in [1.29, 1.82) is 0 Å². The van der Waals surface area contributed by atoms with Crippen molar-refractivity contribution in [1.82, 2.24) is 14.9 Å². The lowest BCUT2D eigenvalue weighted by Gasteiger charge is -2.11. The number of carbonyl (C=O) groups is 1. The van der Waals surface area contributed by atoms with E-state index in [2.05, 4.69) is 14.9 Å². The lowest BCUT2D eigenvalue weighted by molar-refractivity contribution is -0.146. The molecule has 1 aromatic heterocycles. The average molecular weight is 298 g/mol. The molecule has 21 heavy (non-hydrogen) atoms. The molecule has 0 amide bonds. The standard InChI is InChI=1S/C14H26N4O3/c1-18(2)5-3-4-6-20-7-8-21-14(19)13(15)9-12-10-16-11-17-12/h10-11,13H,3-9,15H2,1-2H3,(H,16,17). The van der Waals surface area contributed by atoms with Crippen LogP contribution in [0.4, 0.5) is 0 Å². The Bertz CT molecular complexity index is 382. The SMILES string of the molecule is CN(C)CCCCOCCOC(=O)C(N)Cc1cnc[nH]1. The second kappa shape index (κ2) is 10.3. The summed E-state index contributed by atoms with van der Waals surface area (Å²) in [6, 6.07) is -0.675. The number of H-pyrrole nitrogens is 1. The maximum Gasteiger partial charge on any atom is 0.323 e. The fourth-order valence-electron chi connectivity index (χ4n) is 1.76. The topological polar surface area (TPSA) is 93.5 Å². The molecule has 7 heteroatoms. The fourth-order valence-corrected chi connectivity index (χ4v) is 1.76. The van der Waals surface area contributed by atoms with Crippen LogP contribution < -0.4 is 5.73 Å². The van der Waals surface area contributed by atoms with E-state index in [0.29, 0.717) is 19.6 Å². The molecule has 0 aliphatic rings. The van der Waals surface area contributed by atoms with E-state index in [0.717, 1.165) is 25.1 Å². The number of aromatic amines is 1. The molecule has 1 atom stereocenters. The van der Waals surface area contributed by atoms with Gasteiger partial charge < -0.3 is 25.1 Å². The number of unbranched alkanes of at least 4 members (excludes halogenated alkanes) is 1. The van der Waals surface area contributed by atoms with Crippen LogP contribution in [0.5, 0.6) is 0 Å².